The lowest BCUT2D eigenvalue weighted by atomic mass is 9.64. The topological polar surface area (TPSA) is 12.0 Å². The van der Waals surface area contributed by atoms with Crippen LogP contribution in [0.25, 0.3) is 0 Å². The van der Waals surface area contributed by atoms with Gasteiger partial charge in [0.15, 0.2) is 0 Å². The van der Waals surface area contributed by atoms with E-state index in [1.807, 2.05) is 13.8 Å². The van der Waals surface area contributed by atoms with Gasteiger partial charge < -0.3 is 5.32 Å². The molecule has 2 aliphatic rings. The predicted molar refractivity (Wildman–Crippen MR) is 68.2 cm³/mol. The van der Waals surface area contributed by atoms with Crippen LogP contribution < -0.4 is 5.32 Å². The summed E-state index contributed by atoms with van der Waals surface area (Å²) in [7, 11) is 2.11. The molecule has 0 atom stereocenters. The van der Waals surface area contributed by atoms with Crippen molar-refractivity contribution in [3.63, 3.8) is 0 Å². The van der Waals surface area contributed by atoms with E-state index in [9.17, 15) is 0 Å². The lowest BCUT2D eigenvalue weighted by Gasteiger charge is -2.43. The molecule has 2 rings (SSSR count). The Morgan fingerprint density at radius 3 is 1.87 bits per heavy atom. The van der Waals surface area contributed by atoms with Crippen LogP contribution in [0.15, 0.2) is 0 Å². The zero-order valence-corrected chi connectivity index (χ0v) is 10.9. The Morgan fingerprint density at radius 2 is 1.40 bits per heavy atom. The second-order valence-corrected chi connectivity index (χ2v) is 5.12. The van der Waals surface area contributed by atoms with Crippen LogP contribution in [-0.2, 0) is 0 Å². The number of hydrogen-bond donors (Lipinski definition) is 1. The molecule has 0 aromatic carbocycles. The molecule has 1 heteroatoms. The van der Waals surface area contributed by atoms with E-state index in [-0.39, 0.29) is 0 Å². The van der Waals surface area contributed by atoms with E-state index in [1.165, 1.54) is 57.8 Å². The Bertz CT molecular complexity index is 149. The fourth-order valence-corrected chi connectivity index (χ4v) is 3.32. The Balaban J connectivity index is 0.000000531. The first kappa shape index (κ1) is 13.0. The zero-order valence-electron chi connectivity index (χ0n) is 10.9. The summed E-state index contributed by atoms with van der Waals surface area (Å²) >= 11 is 0. The van der Waals surface area contributed by atoms with Crippen LogP contribution in [0.1, 0.15) is 71.6 Å². The standard InChI is InChI=1S/C12H23N.C2H6/c1-13-11-5-9-12(10-6-11)7-3-2-4-8-12;1-2/h11,13H,2-10H2,1H3;1-2H3. The minimum Gasteiger partial charge on any atom is -0.317 e. The highest BCUT2D eigenvalue weighted by Gasteiger charge is 2.35. The van der Waals surface area contributed by atoms with Gasteiger partial charge in [0.05, 0.1) is 0 Å². The molecule has 0 aliphatic heterocycles. The molecule has 1 N–H and O–H groups in total. The van der Waals surface area contributed by atoms with Crippen molar-refractivity contribution in [1.29, 1.82) is 0 Å². The van der Waals surface area contributed by atoms with Crippen LogP contribution >= 0.6 is 0 Å². The van der Waals surface area contributed by atoms with Gasteiger partial charge in [0.1, 0.15) is 0 Å². The fourth-order valence-electron chi connectivity index (χ4n) is 3.32. The lowest BCUT2D eigenvalue weighted by Crippen LogP contribution is -2.36. The summed E-state index contributed by atoms with van der Waals surface area (Å²) < 4.78 is 0. The van der Waals surface area contributed by atoms with Crippen LogP contribution in [0.3, 0.4) is 0 Å². The smallest absolute Gasteiger partial charge is 0.00644 e. The molecule has 90 valence electrons. The van der Waals surface area contributed by atoms with E-state index in [0.29, 0.717) is 0 Å². The van der Waals surface area contributed by atoms with Crippen molar-refractivity contribution in [1.82, 2.24) is 5.32 Å². The number of nitrogens with one attached hydrogen (secondary N) is 1. The van der Waals surface area contributed by atoms with Crippen molar-refractivity contribution in [2.45, 2.75) is 77.7 Å². The Kier molecular flexibility index (Phi) is 5.66. The average molecular weight is 211 g/mol. The maximum atomic E-state index is 3.43. The molecule has 0 saturated heterocycles. The summed E-state index contributed by atoms with van der Waals surface area (Å²) in [4.78, 5) is 0. The summed E-state index contributed by atoms with van der Waals surface area (Å²) in [5.41, 5.74) is 0.797. The Hall–Kier alpha value is -0.0400. The lowest BCUT2D eigenvalue weighted by molar-refractivity contribution is 0.109. The molecule has 0 amide bonds. The van der Waals surface area contributed by atoms with E-state index in [4.69, 9.17) is 0 Å². The monoisotopic (exact) mass is 211 g/mol. The molecule has 0 unspecified atom stereocenters. The summed E-state index contributed by atoms with van der Waals surface area (Å²) in [6.07, 6.45) is 13.4. The minimum absolute atomic E-state index is 0.797. The van der Waals surface area contributed by atoms with Crippen molar-refractivity contribution in [3.05, 3.63) is 0 Å². The first-order valence-electron chi connectivity index (χ1n) is 7.02. The van der Waals surface area contributed by atoms with E-state index in [1.54, 1.807) is 0 Å². The van der Waals surface area contributed by atoms with Gasteiger partial charge in [-0.25, -0.2) is 0 Å². The first-order valence-corrected chi connectivity index (χ1v) is 7.02. The van der Waals surface area contributed by atoms with Gasteiger partial charge in [-0.1, -0.05) is 33.1 Å². The van der Waals surface area contributed by atoms with E-state index < -0.39 is 0 Å². The third-order valence-corrected chi connectivity index (χ3v) is 4.37. The maximum Gasteiger partial charge on any atom is 0.00644 e. The van der Waals surface area contributed by atoms with Crippen LogP contribution in [0, 0.1) is 5.41 Å². The number of rotatable bonds is 1. The van der Waals surface area contributed by atoms with Crippen LogP contribution in [0.5, 0.6) is 0 Å². The highest BCUT2D eigenvalue weighted by atomic mass is 14.9. The zero-order chi connectivity index (χ0) is 11.1. The third kappa shape index (κ3) is 3.48. The van der Waals surface area contributed by atoms with Gasteiger partial charge in [0.2, 0.25) is 0 Å². The molecule has 0 aromatic heterocycles. The average Bonchev–Trinajstić information content (AvgIpc) is 2.34. The van der Waals surface area contributed by atoms with Gasteiger partial charge in [0, 0.05) is 6.04 Å². The molecule has 0 bridgehead atoms. The van der Waals surface area contributed by atoms with E-state index >= 15 is 0 Å². The molecular formula is C14H29N. The highest BCUT2D eigenvalue weighted by Crippen LogP contribution is 2.47. The minimum atomic E-state index is 0.797. The highest BCUT2D eigenvalue weighted by molar-refractivity contribution is 4.89. The second-order valence-electron chi connectivity index (χ2n) is 5.12. The van der Waals surface area contributed by atoms with Gasteiger partial charge in [-0.2, -0.15) is 0 Å². The maximum absolute atomic E-state index is 3.43. The van der Waals surface area contributed by atoms with Crippen molar-refractivity contribution in [3.8, 4) is 0 Å². The normalized spacial score (nSPS) is 25.8. The van der Waals surface area contributed by atoms with Crippen molar-refractivity contribution < 1.29 is 0 Å². The molecule has 1 nitrogen and oxygen atoms in total. The number of hydrogen-bond acceptors (Lipinski definition) is 1. The molecule has 0 radical (unpaired) electrons. The predicted octanol–water partition coefficient (Wildman–Crippen LogP) is 4.13. The quantitative estimate of drug-likeness (QED) is 0.688. The van der Waals surface area contributed by atoms with Gasteiger partial charge in [-0.05, 0) is 51.0 Å². The van der Waals surface area contributed by atoms with Crippen LogP contribution in [-0.4, -0.2) is 13.1 Å². The molecule has 2 aliphatic carbocycles. The molecule has 2 fully saturated rings. The van der Waals surface area contributed by atoms with Crippen molar-refractivity contribution >= 4 is 0 Å². The van der Waals surface area contributed by atoms with Gasteiger partial charge in [-0.3, -0.25) is 0 Å². The molecule has 15 heavy (non-hydrogen) atoms. The van der Waals surface area contributed by atoms with Gasteiger partial charge >= 0.3 is 0 Å². The molecule has 0 aromatic rings. The fraction of sp³-hybridized carbons (Fsp3) is 1.00. The van der Waals surface area contributed by atoms with Gasteiger partial charge in [-0.15, -0.1) is 0 Å². The molecule has 1 spiro atoms. The largest absolute Gasteiger partial charge is 0.317 e. The van der Waals surface area contributed by atoms with Crippen molar-refractivity contribution in [2.24, 2.45) is 5.41 Å². The summed E-state index contributed by atoms with van der Waals surface area (Å²) in [6.45, 7) is 4.00. The molecular weight excluding hydrogens is 182 g/mol. The second kappa shape index (κ2) is 6.52. The summed E-state index contributed by atoms with van der Waals surface area (Å²) in [6, 6.07) is 0.826. The Morgan fingerprint density at radius 1 is 0.867 bits per heavy atom. The van der Waals surface area contributed by atoms with Gasteiger partial charge in [0.25, 0.3) is 0 Å². The van der Waals surface area contributed by atoms with Crippen molar-refractivity contribution in [2.75, 3.05) is 7.05 Å². The van der Waals surface area contributed by atoms with Crippen LogP contribution in [0.4, 0.5) is 0 Å². The third-order valence-electron chi connectivity index (χ3n) is 4.37. The molecule has 0 heterocycles. The molecule has 2 saturated carbocycles. The SMILES string of the molecule is CC.CNC1CCC2(CCCCC2)CC1. The first-order chi connectivity index (χ1) is 7.35. The van der Waals surface area contributed by atoms with E-state index in [2.05, 4.69) is 12.4 Å². The summed E-state index contributed by atoms with van der Waals surface area (Å²) in [5, 5.41) is 3.43. The Labute approximate surface area is 96.0 Å². The van der Waals surface area contributed by atoms with E-state index in [0.717, 1.165) is 11.5 Å². The van der Waals surface area contributed by atoms with Crippen LogP contribution in [0.2, 0.25) is 0 Å². The summed E-state index contributed by atoms with van der Waals surface area (Å²) in [5.74, 6) is 0.